The van der Waals surface area contributed by atoms with E-state index in [1.54, 1.807) is 41.3 Å². The van der Waals surface area contributed by atoms with Crippen molar-refractivity contribution < 1.29 is 13.9 Å². The third kappa shape index (κ3) is 5.02. The van der Waals surface area contributed by atoms with E-state index < -0.39 is 5.82 Å². The fourth-order valence-electron chi connectivity index (χ4n) is 5.24. The number of hydrogen-bond acceptors (Lipinski definition) is 6. The lowest BCUT2D eigenvalue weighted by Gasteiger charge is -2.35. The number of nitrogens with two attached hydrogens (primary N) is 1. The Labute approximate surface area is 235 Å². The summed E-state index contributed by atoms with van der Waals surface area (Å²) in [5.41, 5.74) is 8.42. The standard InChI is InChI=1S/C29H30ClFN6O3/c1-4-23(35(2)3)29(39)36-14-6-7-18(15-36)37-16-20(24-25(37)28(38)34-33-27(24)32)17-10-12-19(13-11-17)40-26-21(30)8-5-9-22(26)31/h4-5,8-13,16,18H,6-7,14-15H2,1-3H3,(H2,32,33)(H,34,38)/b23-4+/t18-/m1/s1. The topological polar surface area (TPSA) is 109 Å². The molecule has 1 fully saturated rings. The number of fused-ring (bicyclic) bond motifs is 1. The third-order valence-corrected chi connectivity index (χ3v) is 7.43. The van der Waals surface area contributed by atoms with Gasteiger partial charge in [0.25, 0.3) is 11.5 Å². The minimum atomic E-state index is -0.565. The molecule has 11 heteroatoms. The smallest absolute Gasteiger partial charge is 0.288 e. The highest BCUT2D eigenvalue weighted by Crippen LogP contribution is 2.37. The Hall–Kier alpha value is -4.31. The fourth-order valence-corrected chi connectivity index (χ4v) is 5.44. The molecule has 0 aliphatic carbocycles. The monoisotopic (exact) mass is 564 g/mol. The van der Waals surface area contributed by atoms with Gasteiger partial charge in [0.15, 0.2) is 17.4 Å². The molecule has 0 saturated carbocycles. The predicted molar refractivity (Wildman–Crippen MR) is 154 cm³/mol. The van der Waals surface area contributed by atoms with E-state index >= 15 is 0 Å². The lowest BCUT2D eigenvalue weighted by Crippen LogP contribution is -2.43. The van der Waals surface area contributed by atoms with Gasteiger partial charge in [-0.05, 0) is 49.6 Å². The molecule has 3 N–H and O–H groups in total. The van der Waals surface area contributed by atoms with Gasteiger partial charge in [0.1, 0.15) is 11.3 Å². The first kappa shape index (κ1) is 27.3. The number of ether oxygens (including phenoxy) is 1. The SMILES string of the molecule is C/C=C(\C(=O)N1CCC[C@@H](n2cc(-c3ccc(Oc4c(F)cccc4Cl)cc3)c3c(N)n[nH]c(=O)c32)C1)N(C)C. The second-order valence-corrected chi connectivity index (χ2v) is 10.3. The molecule has 2 aromatic carbocycles. The van der Waals surface area contributed by atoms with E-state index in [0.717, 1.165) is 18.4 Å². The molecular weight excluding hydrogens is 535 g/mol. The number of likely N-dealkylation sites (N-methyl/N-ethyl adjacent to an activating group) is 1. The summed E-state index contributed by atoms with van der Waals surface area (Å²) in [7, 11) is 3.69. The number of halogens is 2. The van der Waals surface area contributed by atoms with Gasteiger partial charge >= 0.3 is 0 Å². The summed E-state index contributed by atoms with van der Waals surface area (Å²) < 4.78 is 21.8. The average molecular weight is 565 g/mol. The van der Waals surface area contributed by atoms with Crippen molar-refractivity contribution in [1.82, 2.24) is 24.6 Å². The van der Waals surface area contributed by atoms with E-state index in [2.05, 4.69) is 10.2 Å². The summed E-state index contributed by atoms with van der Waals surface area (Å²) in [6.45, 7) is 2.93. The van der Waals surface area contributed by atoms with E-state index in [0.29, 0.717) is 41.0 Å². The Balaban J connectivity index is 1.51. The molecule has 2 aromatic heterocycles. The molecule has 0 radical (unpaired) electrons. The van der Waals surface area contributed by atoms with Crippen molar-refractivity contribution in [3.05, 3.63) is 81.6 Å². The third-order valence-electron chi connectivity index (χ3n) is 7.14. The van der Waals surface area contributed by atoms with Crippen molar-refractivity contribution in [2.24, 2.45) is 0 Å². The van der Waals surface area contributed by atoms with Crippen LogP contribution in [-0.4, -0.2) is 57.7 Å². The Kier molecular flexibility index (Phi) is 7.53. The lowest BCUT2D eigenvalue weighted by molar-refractivity contribution is -0.130. The van der Waals surface area contributed by atoms with Crippen LogP contribution in [0, 0.1) is 5.82 Å². The predicted octanol–water partition coefficient (Wildman–Crippen LogP) is 5.19. The van der Waals surface area contributed by atoms with Crippen LogP contribution in [0.1, 0.15) is 25.8 Å². The van der Waals surface area contributed by atoms with Gasteiger partial charge in [-0.25, -0.2) is 9.49 Å². The maximum absolute atomic E-state index is 14.2. The number of H-pyrrole nitrogens is 1. The minimum Gasteiger partial charge on any atom is -0.453 e. The van der Waals surface area contributed by atoms with Gasteiger partial charge in [-0.1, -0.05) is 35.9 Å². The number of anilines is 1. The number of rotatable bonds is 6. The van der Waals surface area contributed by atoms with Crippen molar-refractivity contribution in [3.63, 3.8) is 0 Å². The van der Waals surface area contributed by atoms with Gasteiger partial charge in [-0.2, -0.15) is 5.10 Å². The first-order chi connectivity index (χ1) is 19.2. The van der Waals surface area contributed by atoms with Crippen LogP contribution in [0.3, 0.4) is 0 Å². The number of nitrogen functional groups attached to an aromatic ring is 1. The Morgan fingerprint density at radius 2 is 2.00 bits per heavy atom. The first-order valence-corrected chi connectivity index (χ1v) is 13.3. The number of carbonyl (C=O) groups excluding carboxylic acids is 1. The maximum Gasteiger partial charge on any atom is 0.288 e. The second kappa shape index (κ2) is 11.1. The number of likely N-dealkylation sites (tertiary alicyclic amines) is 1. The summed E-state index contributed by atoms with van der Waals surface area (Å²) in [6, 6.07) is 11.2. The molecule has 0 spiro atoms. The zero-order valence-corrected chi connectivity index (χ0v) is 23.2. The number of aromatic amines is 1. The molecule has 4 aromatic rings. The van der Waals surface area contributed by atoms with Crippen LogP contribution in [-0.2, 0) is 4.79 Å². The second-order valence-electron chi connectivity index (χ2n) is 9.90. The number of hydrogen-bond donors (Lipinski definition) is 2. The number of allylic oxidation sites excluding steroid dienone is 1. The van der Waals surface area contributed by atoms with Crippen LogP contribution in [0.15, 0.2) is 65.2 Å². The fraction of sp³-hybridized carbons (Fsp3) is 0.276. The van der Waals surface area contributed by atoms with Crippen LogP contribution in [0.2, 0.25) is 5.02 Å². The molecular formula is C29H30ClFN6O3. The van der Waals surface area contributed by atoms with Crippen LogP contribution in [0.5, 0.6) is 11.5 Å². The zero-order chi connectivity index (χ0) is 28.6. The number of piperidine rings is 1. The van der Waals surface area contributed by atoms with Gasteiger partial charge in [-0.3, -0.25) is 9.59 Å². The van der Waals surface area contributed by atoms with Crippen molar-refractivity contribution in [3.8, 4) is 22.6 Å². The summed E-state index contributed by atoms with van der Waals surface area (Å²) >= 11 is 6.10. The van der Waals surface area contributed by atoms with Crippen molar-refractivity contribution >= 4 is 34.2 Å². The molecule has 5 rings (SSSR count). The van der Waals surface area contributed by atoms with E-state index in [1.807, 2.05) is 36.7 Å². The number of nitrogens with one attached hydrogen (secondary N) is 1. The lowest BCUT2D eigenvalue weighted by atomic mass is 10.0. The zero-order valence-electron chi connectivity index (χ0n) is 22.4. The van der Waals surface area contributed by atoms with Crippen molar-refractivity contribution in [2.75, 3.05) is 32.9 Å². The largest absolute Gasteiger partial charge is 0.453 e. The molecule has 1 atom stereocenters. The van der Waals surface area contributed by atoms with E-state index in [9.17, 15) is 14.0 Å². The summed E-state index contributed by atoms with van der Waals surface area (Å²) in [5, 5.41) is 7.20. The summed E-state index contributed by atoms with van der Waals surface area (Å²) in [4.78, 5) is 29.9. The van der Waals surface area contributed by atoms with Gasteiger partial charge in [0.2, 0.25) is 0 Å². The normalized spacial score (nSPS) is 15.9. The first-order valence-electron chi connectivity index (χ1n) is 12.9. The Morgan fingerprint density at radius 3 is 2.67 bits per heavy atom. The highest BCUT2D eigenvalue weighted by atomic mass is 35.5. The Morgan fingerprint density at radius 1 is 1.25 bits per heavy atom. The van der Waals surface area contributed by atoms with Gasteiger partial charge in [0.05, 0.1) is 22.1 Å². The molecule has 1 aliphatic heterocycles. The molecule has 1 aliphatic rings. The number of benzene rings is 2. The average Bonchev–Trinajstić information content (AvgIpc) is 3.36. The maximum atomic E-state index is 14.2. The van der Waals surface area contributed by atoms with Gasteiger partial charge in [-0.15, -0.1) is 0 Å². The number of amides is 1. The molecule has 1 saturated heterocycles. The van der Waals surface area contributed by atoms with E-state index in [4.69, 9.17) is 22.1 Å². The van der Waals surface area contributed by atoms with Crippen molar-refractivity contribution in [1.29, 1.82) is 0 Å². The van der Waals surface area contributed by atoms with Gasteiger partial charge in [0, 0.05) is 38.9 Å². The van der Waals surface area contributed by atoms with Crippen LogP contribution < -0.4 is 16.0 Å². The van der Waals surface area contributed by atoms with E-state index in [1.165, 1.54) is 12.1 Å². The number of aromatic nitrogens is 3. The quantitative estimate of drug-likeness (QED) is 0.312. The van der Waals surface area contributed by atoms with Crippen LogP contribution in [0.4, 0.5) is 10.2 Å². The molecule has 0 unspecified atom stereocenters. The summed E-state index contributed by atoms with van der Waals surface area (Å²) in [5.74, 6) is -0.0838. The number of carbonyl (C=O) groups is 1. The minimum absolute atomic E-state index is 0.0467. The summed E-state index contributed by atoms with van der Waals surface area (Å²) in [6.07, 6.45) is 5.28. The molecule has 3 heterocycles. The van der Waals surface area contributed by atoms with Crippen LogP contribution >= 0.6 is 11.6 Å². The highest BCUT2D eigenvalue weighted by Gasteiger charge is 2.29. The molecule has 40 heavy (non-hydrogen) atoms. The van der Waals surface area contributed by atoms with E-state index in [-0.39, 0.29) is 34.1 Å². The van der Waals surface area contributed by atoms with Gasteiger partial charge < -0.3 is 24.8 Å². The Bertz CT molecular complexity index is 1640. The molecule has 208 valence electrons. The van der Waals surface area contributed by atoms with Crippen molar-refractivity contribution in [2.45, 2.75) is 25.8 Å². The number of nitrogens with zero attached hydrogens (tertiary/aromatic N) is 4. The highest BCUT2D eigenvalue weighted by molar-refractivity contribution is 6.32. The molecule has 0 bridgehead atoms. The van der Waals surface area contributed by atoms with Crippen LogP contribution in [0.25, 0.3) is 22.0 Å². The molecule has 1 amide bonds. The number of para-hydroxylation sites is 1. The molecule has 9 nitrogen and oxygen atoms in total.